The lowest BCUT2D eigenvalue weighted by Gasteiger charge is -2.27. The summed E-state index contributed by atoms with van der Waals surface area (Å²) in [6.45, 7) is 0.991. The first-order valence-electron chi connectivity index (χ1n) is 7.18. The van der Waals surface area contributed by atoms with Crippen molar-refractivity contribution in [3.63, 3.8) is 0 Å². The summed E-state index contributed by atoms with van der Waals surface area (Å²) in [6, 6.07) is 14.2. The van der Waals surface area contributed by atoms with Crippen LogP contribution in [0.15, 0.2) is 42.5 Å². The van der Waals surface area contributed by atoms with E-state index in [9.17, 15) is 0 Å². The Bertz CT molecular complexity index is 628. The van der Waals surface area contributed by atoms with Crippen molar-refractivity contribution < 1.29 is 9.47 Å². The number of methoxy groups -OCH3 is 1. The van der Waals surface area contributed by atoms with Gasteiger partial charge in [0.2, 0.25) is 0 Å². The standard InChI is InChI=1S/C17H20N2O2/c1-18-14-9-10-19-15-8-7-12(11-13(14)15)21-17-6-4-3-5-16(17)20-2/h3-8,11,14,18-19H,9-10H2,1-2H3. The number of fused-ring (bicyclic) bond motifs is 1. The first kappa shape index (κ1) is 13.8. The Morgan fingerprint density at radius 2 is 1.95 bits per heavy atom. The Balaban J connectivity index is 1.90. The van der Waals surface area contributed by atoms with Crippen molar-refractivity contribution in [2.24, 2.45) is 0 Å². The van der Waals surface area contributed by atoms with Crippen LogP contribution in [0.5, 0.6) is 17.2 Å². The third kappa shape index (κ3) is 2.81. The van der Waals surface area contributed by atoms with Crippen LogP contribution >= 0.6 is 0 Å². The third-order valence-electron chi connectivity index (χ3n) is 3.79. The summed E-state index contributed by atoms with van der Waals surface area (Å²) in [5, 5.41) is 6.77. The smallest absolute Gasteiger partial charge is 0.169 e. The van der Waals surface area contributed by atoms with Gasteiger partial charge < -0.3 is 20.1 Å². The first-order chi connectivity index (χ1) is 10.3. The van der Waals surface area contributed by atoms with Crippen LogP contribution in [0, 0.1) is 0 Å². The molecule has 21 heavy (non-hydrogen) atoms. The van der Waals surface area contributed by atoms with Crippen molar-refractivity contribution in [3.05, 3.63) is 48.0 Å². The SMILES string of the molecule is CNC1CCNc2ccc(Oc3ccccc3OC)cc21. The predicted octanol–water partition coefficient (Wildman–Crippen LogP) is 3.56. The first-order valence-corrected chi connectivity index (χ1v) is 7.18. The summed E-state index contributed by atoms with van der Waals surface area (Å²) in [5.41, 5.74) is 2.42. The Morgan fingerprint density at radius 1 is 1.14 bits per heavy atom. The molecule has 0 aliphatic carbocycles. The van der Waals surface area contributed by atoms with Crippen LogP contribution in [0.1, 0.15) is 18.0 Å². The van der Waals surface area contributed by atoms with Gasteiger partial charge in [-0.15, -0.1) is 0 Å². The molecule has 1 atom stereocenters. The van der Waals surface area contributed by atoms with Gasteiger partial charge in [0.25, 0.3) is 0 Å². The molecule has 0 bridgehead atoms. The lowest BCUT2D eigenvalue weighted by molar-refractivity contribution is 0.378. The number of hydrogen-bond donors (Lipinski definition) is 2. The summed E-state index contributed by atoms with van der Waals surface area (Å²) in [4.78, 5) is 0. The minimum Gasteiger partial charge on any atom is -0.493 e. The van der Waals surface area contributed by atoms with E-state index in [1.54, 1.807) is 7.11 Å². The molecule has 1 unspecified atom stereocenters. The molecule has 2 aromatic carbocycles. The molecule has 0 fully saturated rings. The van der Waals surface area contributed by atoms with Crippen molar-refractivity contribution in [2.75, 3.05) is 26.0 Å². The molecule has 1 aliphatic rings. The van der Waals surface area contributed by atoms with Gasteiger partial charge in [-0.2, -0.15) is 0 Å². The second-order valence-electron chi connectivity index (χ2n) is 5.06. The van der Waals surface area contributed by atoms with E-state index in [0.29, 0.717) is 6.04 Å². The molecular formula is C17H20N2O2. The van der Waals surface area contributed by atoms with E-state index in [1.807, 2.05) is 37.4 Å². The predicted molar refractivity (Wildman–Crippen MR) is 84.4 cm³/mol. The van der Waals surface area contributed by atoms with Gasteiger partial charge in [0.15, 0.2) is 11.5 Å². The summed E-state index contributed by atoms with van der Waals surface area (Å²) < 4.78 is 11.3. The molecule has 0 aromatic heterocycles. The Hall–Kier alpha value is -2.20. The number of rotatable bonds is 4. The van der Waals surface area contributed by atoms with Crippen LogP contribution in [-0.2, 0) is 0 Å². The normalized spacial score (nSPS) is 16.8. The molecule has 2 aromatic rings. The minimum absolute atomic E-state index is 0.363. The van der Waals surface area contributed by atoms with Gasteiger partial charge in [-0.3, -0.25) is 0 Å². The molecule has 2 N–H and O–H groups in total. The third-order valence-corrected chi connectivity index (χ3v) is 3.79. The van der Waals surface area contributed by atoms with E-state index >= 15 is 0 Å². The van der Waals surface area contributed by atoms with Crippen LogP contribution in [0.4, 0.5) is 5.69 Å². The summed E-state index contributed by atoms with van der Waals surface area (Å²) in [6.07, 6.45) is 1.07. The van der Waals surface area contributed by atoms with E-state index in [4.69, 9.17) is 9.47 Å². The quantitative estimate of drug-likeness (QED) is 0.901. The number of benzene rings is 2. The summed E-state index contributed by atoms with van der Waals surface area (Å²) >= 11 is 0. The molecule has 110 valence electrons. The molecule has 0 saturated carbocycles. The van der Waals surface area contributed by atoms with Gasteiger partial charge in [0.05, 0.1) is 7.11 Å². The van der Waals surface area contributed by atoms with Crippen molar-refractivity contribution in [3.8, 4) is 17.2 Å². The van der Waals surface area contributed by atoms with E-state index in [2.05, 4.69) is 22.8 Å². The summed E-state index contributed by atoms with van der Waals surface area (Å²) in [7, 11) is 3.64. The van der Waals surface area contributed by atoms with E-state index in [-0.39, 0.29) is 0 Å². The second kappa shape index (κ2) is 6.06. The van der Waals surface area contributed by atoms with Gasteiger partial charge in [0.1, 0.15) is 5.75 Å². The fourth-order valence-corrected chi connectivity index (χ4v) is 2.69. The number of hydrogen-bond acceptors (Lipinski definition) is 4. The lowest BCUT2D eigenvalue weighted by atomic mass is 9.98. The van der Waals surface area contributed by atoms with Crippen LogP contribution in [0.25, 0.3) is 0 Å². The van der Waals surface area contributed by atoms with Gasteiger partial charge in [-0.05, 0) is 49.4 Å². The average molecular weight is 284 g/mol. The number of ether oxygens (including phenoxy) is 2. The number of para-hydroxylation sites is 2. The Morgan fingerprint density at radius 3 is 2.71 bits per heavy atom. The maximum atomic E-state index is 5.98. The highest BCUT2D eigenvalue weighted by Crippen LogP contribution is 2.36. The second-order valence-corrected chi connectivity index (χ2v) is 5.06. The van der Waals surface area contributed by atoms with E-state index in [1.165, 1.54) is 11.3 Å². The molecule has 4 nitrogen and oxygen atoms in total. The largest absolute Gasteiger partial charge is 0.493 e. The van der Waals surface area contributed by atoms with E-state index < -0.39 is 0 Å². The highest BCUT2D eigenvalue weighted by Gasteiger charge is 2.19. The maximum Gasteiger partial charge on any atom is 0.169 e. The highest BCUT2D eigenvalue weighted by molar-refractivity contribution is 5.58. The van der Waals surface area contributed by atoms with Crippen LogP contribution < -0.4 is 20.1 Å². The van der Waals surface area contributed by atoms with Crippen molar-refractivity contribution in [2.45, 2.75) is 12.5 Å². The molecule has 4 heteroatoms. The minimum atomic E-state index is 0.363. The van der Waals surface area contributed by atoms with E-state index in [0.717, 1.165) is 30.2 Å². The van der Waals surface area contributed by atoms with Crippen LogP contribution in [-0.4, -0.2) is 20.7 Å². The fraction of sp³-hybridized carbons (Fsp3) is 0.294. The molecule has 1 heterocycles. The zero-order valence-corrected chi connectivity index (χ0v) is 12.3. The monoisotopic (exact) mass is 284 g/mol. The van der Waals surface area contributed by atoms with Gasteiger partial charge >= 0.3 is 0 Å². The molecule has 1 aliphatic heterocycles. The molecule has 0 saturated heterocycles. The topological polar surface area (TPSA) is 42.5 Å². The lowest BCUT2D eigenvalue weighted by Crippen LogP contribution is -2.25. The molecular weight excluding hydrogens is 264 g/mol. The molecule has 0 radical (unpaired) electrons. The van der Waals surface area contributed by atoms with Crippen molar-refractivity contribution >= 4 is 5.69 Å². The maximum absolute atomic E-state index is 5.98. The van der Waals surface area contributed by atoms with Crippen molar-refractivity contribution in [1.82, 2.24) is 5.32 Å². The van der Waals surface area contributed by atoms with Gasteiger partial charge in [-0.25, -0.2) is 0 Å². The van der Waals surface area contributed by atoms with Gasteiger partial charge in [-0.1, -0.05) is 12.1 Å². The zero-order chi connectivity index (χ0) is 14.7. The molecule has 3 rings (SSSR count). The van der Waals surface area contributed by atoms with Crippen molar-refractivity contribution in [1.29, 1.82) is 0 Å². The average Bonchev–Trinajstić information content (AvgIpc) is 2.54. The zero-order valence-electron chi connectivity index (χ0n) is 12.3. The number of anilines is 1. The Labute approximate surface area is 125 Å². The Kier molecular flexibility index (Phi) is 3.97. The fourth-order valence-electron chi connectivity index (χ4n) is 2.69. The highest BCUT2D eigenvalue weighted by atomic mass is 16.5. The van der Waals surface area contributed by atoms with Crippen LogP contribution in [0.2, 0.25) is 0 Å². The molecule has 0 amide bonds. The number of nitrogens with one attached hydrogen (secondary N) is 2. The summed E-state index contributed by atoms with van der Waals surface area (Å²) in [5.74, 6) is 2.28. The molecule has 0 spiro atoms. The van der Waals surface area contributed by atoms with Crippen LogP contribution in [0.3, 0.4) is 0 Å². The van der Waals surface area contributed by atoms with Gasteiger partial charge in [0, 0.05) is 18.3 Å².